The molecule has 0 amide bonds. The van der Waals surface area contributed by atoms with E-state index in [0.29, 0.717) is 5.56 Å². The fourth-order valence-electron chi connectivity index (χ4n) is 7.48. The van der Waals surface area contributed by atoms with Crippen molar-refractivity contribution in [3.05, 3.63) is 83.1 Å². The van der Waals surface area contributed by atoms with Gasteiger partial charge in [0.1, 0.15) is 103 Å². The Morgan fingerprint density at radius 1 is 0.681 bits per heavy atom. The molecule has 0 bridgehead atoms. The number of aliphatic carboxylic acids is 1. The summed E-state index contributed by atoms with van der Waals surface area (Å²) in [6.45, 7) is -2.07. The van der Waals surface area contributed by atoms with Crippen LogP contribution in [0.15, 0.2) is 66.4 Å². The highest BCUT2D eigenvalue weighted by molar-refractivity contribution is 5.90. The molecule has 374 valence electrons. The summed E-state index contributed by atoms with van der Waals surface area (Å²) in [5.74, 6) is -5.98. The average molecular weight is 978 g/mol. The molecule has 0 aromatic heterocycles. The van der Waals surface area contributed by atoms with E-state index in [-0.39, 0.29) is 34.1 Å². The predicted molar refractivity (Wildman–Crippen MR) is 223 cm³/mol. The molecule has 0 spiro atoms. The summed E-state index contributed by atoms with van der Waals surface area (Å²) in [5.41, 5.74) is 0.561. The van der Waals surface area contributed by atoms with Gasteiger partial charge in [-0.2, -0.15) is 0 Å². The number of carbonyl (C=O) groups excluding carboxylic acids is 2. The number of benzene rings is 3. The average Bonchev–Trinajstić information content (AvgIpc) is 3.31. The normalized spacial score (nSPS) is 32.2. The summed E-state index contributed by atoms with van der Waals surface area (Å²) in [4.78, 5) is 35.7. The molecule has 3 aromatic carbocycles. The van der Waals surface area contributed by atoms with Crippen LogP contribution < -0.4 is 4.74 Å². The Labute approximate surface area is 388 Å². The number of carbonyl (C=O) groups is 3. The van der Waals surface area contributed by atoms with Gasteiger partial charge in [0.05, 0.1) is 18.2 Å². The molecule has 3 saturated heterocycles. The van der Waals surface area contributed by atoms with E-state index < -0.39 is 154 Å². The molecule has 0 saturated carbocycles. The van der Waals surface area contributed by atoms with Crippen LogP contribution >= 0.6 is 0 Å². The van der Waals surface area contributed by atoms with Gasteiger partial charge in [-0.15, -0.1) is 0 Å². The molecule has 7 rings (SSSR count). The number of rotatable bonds is 15. The summed E-state index contributed by atoms with van der Waals surface area (Å²) in [6, 6.07) is 11.5. The van der Waals surface area contributed by atoms with Crippen LogP contribution in [0, 0.1) is 0 Å². The quantitative estimate of drug-likeness (QED) is 0.0248. The van der Waals surface area contributed by atoms with Crippen LogP contribution in [0.4, 0.5) is 0 Å². The highest BCUT2D eigenvalue weighted by atomic mass is 16.8. The SMILES string of the molecule is O=C(O)CC(=O)OC[C@H]1O[C@@H](Oc2cc(O)cc3c2C=C(O[C@@H]2O[C@H](COC(=O)/C=C/c4ccc(O)cc4)[C@@H](O)[C@@H](O)[C@@H]2O[C@@H]2OC[C@@H](O)[C@@H](O)[C@H]2O)C(c2ccc(O)c(O)c2)[OH+]3)[C@@H](O)[C@H](O)[C@@H]1O. The molecule has 3 aromatic rings. The van der Waals surface area contributed by atoms with Crippen molar-refractivity contribution in [2.24, 2.45) is 0 Å². The fraction of sp³-hybridized carbons (Fsp3) is 0.432. The first-order valence-electron chi connectivity index (χ1n) is 21.0. The Balaban J connectivity index is 1.22. The first kappa shape index (κ1) is 50.5. The second-order valence-corrected chi connectivity index (χ2v) is 16.1. The molecule has 0 aliphatic carbocycles. The van der Waals surface area contributed by atoms with Crippen LogP contribution in [0.1, 0.15) is 29.2 Å². The highest BCUT2D eigenvalue weighted by Crippen LogP contribution is 2.47. The second kappa shape index (κ2) is 21.5. The minimum absolute atomic E-state index is 0.0125. The zero-order chi connectivity index (χ0) is 49.8. The van der Waals surface area contributed by atoms with E-state index in [1.165, 1.54) is 42.5 Å². The maximum Gasteiger partial charge on any atom is 0.330 e. The van der Waals surface area contributed by atoms with Crippen molar-refractivity contribution in [1.29, 1.82) is 0 Å². The van der Waals surface area contributed by atoms with E-state index in [0.717, 1.165) is 30.3 Å². The van der Waals surface area contributed by atoms with Gasteiger partial charge in [0.2, 0.25) is 12.6 Å². The Kier molecular flexibility index (Phi) is 15.8. The monoisotopic (exact) mass is 977 g/mol. The molecular formula is C44H49O25+. The number of hydrogen-bond donors (Lipinski definition) is 13. The summed E-state index contributed by atoms with van der Waals surface area (Å²) in [5, 5.41) is 136. The van der Waals surface area contributed by atoms with Gasteiger partial charge in [0.15, 0.2) is 29.7 Å². The van der Waals surface area contributed by atoms with Gasteiger partial charge in [-0.1, -0.05) is 12.1 Å². The molecule has 4 aliphatic heterocycles. The highest BCUT2D eigenvalue weighted by Gasteiger charge is 2.52. The molecule has 69 heavy (non-hydrogen) atoms. The first-order chi connectivity index (χ1) is 32.8. The van der Waals surface area contributed by atoms with Gasteiger partial charge in [0.25, 0.3) is 11.9 Å². The Bertz CT molecular complexity index is 2370. The number of aliphatic hydroxyl groups excluding tert-OH is 8. The van der Waals surface area contributed by atoms with E-state index in [9.17, 15) is 75.7 Å². The molecule has 3 fully saturated rings. The van der Waals surface area contributed by atoms with Crippen molar-refractivity contribution in [2.45, 2.75) is 98.5 Å². The number of phenols is 4. The zero-order valence-electron chi connectivity index (χ0n) is 35.7. The lowest BCUT2D eigenvalue weighted by Gasteiger charge is -2.45. The minimum atomic E-state index is -2.02. The maximum absolute atomic E-state index is 12.8. The maximum atomic E-state index is 12.8. The van der Waals surface area contributed by atoms with Crippen LogP contribution in [0.25, 0.3) is 12.2 Å². The lowest BCUT2D eigenvalue weighted by atomic mass is 9.97. The number of aliphatic hydroxyl groups is 9. The van der Waals surface area contributed by atoms with Crippen molar-refractivity contribution < 1.29 is 123 Å². The zero-order valence-corrected chi connectivity index (χ0v) is 35.7. The smallest absolute Gasteiger partial charge is 0.330 e. The van der Waals surface area contributed by atoms with Crippen molar-refractivity contribution >= 4 is 30.1 Å². The van der Waals surface area contributed by atoms with Gasteiger partial charge < -0.3 is 109 Å². The van der Waals surface area contributed by atoms with E-state index in [1.54, 1.807) is 0 Å². The Morgan fingerprint density at radius 3 is 2.04 bits per heavy atom. The van der Waals surface area contributed by atoms with E-state index in [1.807, 2.05) is 0 Å². The van der Waals surface area contributed by atoms with Crippen molar-refractivity contribution in [3.8, 4) is 34.5 Å². The van der Waals surface area contributed by atoms with Gasteiger partial charge in [-0.3, -0.25) is 9.59 Å². The second-order valence-electron chi connectivity index (χ2n) is 16.1. The van der Waals surface area contributed by atoms with E-state index >= 15 is 0 Å². The third-order valence-electron chi connectivity index (χ3n) is 11.2. The van der Waals surface area contributed by atoms with Gasteiger partial charge in [0, 0.05) is 18.2 Å². The fourth-order valence-corrected chi connectivity index (χ4v) is 7.48. The third-order valence-corrected chi connectivity index (χ3v) is 11.2. The minimum Gasteiger partial charge on any atom is -0.571 e. The van der Waals surface area contributed by atoms with Gasteiger partial charge in [-0.25, -0.2) is 4.79 Å². The largest absolute Gasteiger partial charge is 0.571 e. The first-order valence-corrected chi connectivity index (χ1v) is 21.0. The van der Waals surface area contributed by atoms with Crippen LogP contribution in [-0.4, -0.2) is 195 Å². The summed E-state index contributed by atoms with van der Waals surface area (Å²) in [7, 11) is 0. The van der Waals surface area contributed by atoms with Crippen molar-refractivity contribution in [2.75, 3.05) is 19.8 Å². The summed E-state index contributed by atoms with van der Waals surface area (Å²) >= 11 is 0. The molecule has 0 radical (unpaired) electrons. The molecule has 25 nitrogen and oxygen atoms in total. The third kappa shape index (κ3) is 11.8. The number of phenolic OH excluding ortho intramolecular Hbond substituents is 4. The van der Waals surface area contributed by atoms with E-state index in [2.05, 4.69) is 4.74 Å². The number of carboxylic acid groups (broad SMARTS) is 1. The number of carboxylic acids is 1. The standard InChI is InChI=1S/C44H48O25/c45-19-5-1-17(2-6-19)3-8-31(52)61-15-29-35(56)37(58)41(69-42-38(59)33(54)24(49)14-63-42)44(68-29)66-27-12-21-25(64-40(27)18-4-7-22(47)23(48)9-18)10-20(46)11-26(21)65-43-39(60)36(57)34(55)28(67-43)16-62-32(53)13-30(50)51/h1-12,24,28-29,33-49,54-60H,13-16H2,(H,50,51)/p+1/b8-3+/t24-,28-,29-,33-,34-,35-,36-,37-,38-,39+,40?,41+,42+,43-,44-/m1/s1. The summed E-state index contributed by atoms with van der Waals surface area (Å²) in [6.07, 6.45) is -24.5. The topological polar surface area (TPSA) is 401 Å². The lowest BCUT2D eigenvalue weighted by molar-refractivity contribution is -0.353. The number of fused-ring (bicyclic) bond motifs is 1. The molecule has 15 atom stereocenters. The molecule has 14 N–H and O–H groups in total. The molecule has 4 aliphatic rings. The van der Waals surface area contributed by atoms with Crippen molar-refractivity contribution in [3.63, 3.8) is 0 Å². The Hall–Kier alpha value is -6.33. The molecule has 1 unspecified atom stereocenters. The van der Waals surface area contributed by atoms with Crippen LogP contribution in [0.5, 0.6) is 34.5 Å². The lowest BCUT2D eigenvalue weighted by Crippen LogP contribution is -2.63. The number of hydrogen-bond acceptors (Lipinski definition) is 23. The number of aromatic hydroxyl groups is 5. The van der Waals surface area contributed by atoms with Gasteiger partial charge >= 0.3 is 17.9 Å². The van der Waals surface area contributed by atoms with Crippen molar-refractivity contribution in [1.82, 2.24) is 0 Å². The van der Waals surface area contributed by atoms with Crippen LogP contribution in [0.2, 0.25) is 0 Å². The Morgan fingerprint density at radius 2 is 1.35 bits per heavy atom. The summed E-state index contributed by atoms with van der Waals surface area (Å²) < 4.78 is 50.1. The van der Waals surface area contributed by atoms with E-state index in [4.69, 9.17) is 43.0 Å². The molecular weight excluding hydrogens is 928 g/mol. The molecule has 4 heterocycles. The number of ether oxygens (including phenoxy) is 9. The predicted octanol–water partition coefficient (Wildman–Crippen LogP) is -2.41. The van der Waals surface area contributed by atoms with Crippen LogP contribution in [0.3, 0.4) is 0 Å². The van der Waals surface area contributed by atoms with Gasteiger partial charge in [-0.05, 0) is 42.0 Å². The van der Waals surface area contributed by atoms with Crippen LogP contribution in [-0.2, 0) is 47.5 Å². The molecule has 25 heteroatoms. The number of esters is 2.